The lowest BCUT2D eigenvalue weighted by Gasteiger charge is -2.29. The second-order valence-corrected chi connectivity index (χ2v) is 5.09. The molecular formula is C13H23N3O2. The van der Waals surface area contributed by atoms with Crippen LogP contribution in [0.3, 0.4) is 0 Å². The number of hydrogen-bond acceptors (Lipinski definition) is 5. The standard InChI is InChI=1S/C13H23N3O2/c1-3-17-13(8-6-4-5-7-9-13)12-15-11(10(2)14)18-16-12/h10H,3-9,14H2,1-2H3. The summed E-state index contributed by atoms with van der Waals surface area (Å²) < 4.78 is 11.2. The Balaban J connectivity index is 2.26. The van der Waals surface area contributed by atoms with Crippen LogP contribution in [0, 0.1) is 0 Å². The molecule has 1 fully saturated rings. The van der Waals surface area contributed by atoms with Crippen molar-refractivity contribution in [1.82, 2.24) is 10.1 Å². The molecule has 5 heteroatoms. The molecule has 2 N–H and O–H groups in total. The summed E-state index contributed by atoms with van der Waals surface area (Å²) in [6.45, 7) is 4.53. The van der Waals surface area contributed by atoms with E-state index in [-0.39, 0.29) is 11.6 Å². The van der Waals surface area contributed by atoms with Gasteiger partial charge in [-0.2, -0.15) is 4.98 Å². The minimum Gasteiger partial charge on any atom is -0.367 e. The van der Waals surface area contributed by atoms with Crippen LogP contribution in [0.2, 0.25) is 0 Å². The van der Waals surface area contributed by atoms with Crippen LogP contribution in [0.5, 0.6) is 0 Å². The van der Waals surface area contributed by atoms with Gasteiger partial charge >= 0.3 is 0 Å². The third-order valence-electron chi connectivity index (χ3n) is 3.57. The molecule has 1 unspecified atom stereocenters. The van der Waals surface area contributed by atoms with Crippen molar-refractivity contribution < 1.29 is 9.26 Å². The fourth-order valence-corrected chi connectivity index (χ4v) is 2.61. The Morgan fingerprint density at radius 3 is 2.50 bits per heavy atom. The van der Waals surface area contributed by atoms with Gasteiger partial charge < -0.3 is 15.0 Å². The van der Waals surface area contributed by atoms with Crippen LogP contribution in [-0.2, 0) is 10.3 Å². The smallest absolute Gasteiger partial charge is 0.243 e. The van der Waals surface area contributed by atoms with Crippen LogP contribution < -0.4 is 5.73 Å². The molecule has 0 saturated heterocycles. The Morgan fingerprint density at radius 2 is 2.00 bits per heavy atom. The van der Waals surface area contributed by atoms with Crippen LogP contribution >= 0.6 is 0 Å². The molecule has 18 heavy (non-hydrogen) atoms. The first-order valence-corrected chi connectivity index (χ1v) is 6.91. The minimum absolute atomic E-state index is 0.226. The molecule has 5 nitrogen and oxygen atoms in total. The summed E-state index contributed by atoms with van der Waals surface area (Å²) in [5, 5.41) is 4.10. The predicted molar refractivity (Wildman–Crippen MR) is 67.9 cm³/mol. The van der Waals surface area contributed by atoms with Gasteiger partial charge in [0, 0.05) is 6.61 Å². The average molecular weight is 253 g/mol. The second-order valence-electron chi connectivity index (χ2n) is 5.09. The number of ether oxygens (including phenoxy) is 1. The molecule has 0 bridgehead atoms. The highest BCUT2D eigenvalue weighted by Gasteiger charge is 2.38. The average Bonchev–Trinajstić information content (AvgIpc) is 2.73. The Hall–Kier alpha value is -0.940. The number of aromatic nitrogens is 2. The molecule has 1 aliphatic rings. The fourth-order valence-electron chi connectivity index (χ4n) is 2.61. The summed E-state index contributed by atoms with van der Waals surface area (Å²) in [4.78, 5) is 4.44. The van der Waals surface area contributed by atoms with Crippen LogP contribution in [0.4, 0.5) is 0 Å². The fraction of sp³-hybridized carbons (Fsp3) is 0.846. The van der Waals surface area contributed by atoms with E-state index in [1.807, 2.05) is 13.8 Å². The summed E-state index contributed by atoms with van der Waals surface area (Å²) in [7, 11) is 0. The van der Waals surface area contributed by atoms with Crippen molar-refractivity contribution in [3.63, 3.8) is 0 Å². The molecule has 0 spiro atoms. The Labute approximate surface area is 108 Å². The number of nitrogens with zero attached hydrogens (tertiary/aromatic N) is 2. The zero-order valence-electron chi connectivity index (χ0n) is 11.3. The summed E-state index contributed by atoms with van der Waals surface area (Å²) >= 11 is 0. The maximum atomic E-state index is 6.00. The predicted octanol–water partition coefficient (Wildman–Crippen LogP) is 2.68. The van der Waals surface area contributed by atoms with E-state index in [2.05, 4.69) is 10.1 Å². The Morgan fingerprint density at radius 1 is 1.33 bits per heavy atom. The monoisotopic (exact) mass is 253 g/mol. The SMILES string of the molecule is CCOC1(c2noc(C(C)N)n2)CCCCCC1. The van der Waals surface area contributed by atoms with Crippen molar-refractivity contribution in [3.05, 3.63) is 11.7 Å². The maximum absolute atomic E-state index is 6.00. The quantitative estimate of drug-likeness (QED) is 0.835. The van der Waals surface area contributed by atoms with Gasteiger partial charge in [0.1, 0.15) is 5.60 Å². The van der Waals surface area contributed by atoms with Crippen LogP contribution in [0.15, 0.2) is 4.52 Å². The van der Waals surface area contributed by atoms with E-state index in [0.717, 1.165) is 25.7 Å². The van der Waals surface area contributed by atoms with E-state index in [9.17, 15) is 0 Å². The Bertz CT molecular complexity index is 368. The van der Waals surface area contributed by atoms with Gasteiger partial charge in [-0.3, -0.25) is 0 Å². The lowest BCUT2D eigenvalue weighted by molar-refractivity contribution is -0.0636. The van der Waals surface area contributed by atoms with Gasteiger partial charge in [-0.1, -0.05) is 30.8 Å². The minimum atomic E-state index is -0.359. The first-order chi connectivity index (χ1) is 8.68. The van der Waals surface area contributed by atoms with Crippen molar-refractivity contribution in [2.75, 3.05) is 6.61 Å². The summed E-state index contributed by atoms with van der Waals surface area (Å²) in [6, 6.07) is -0.226. The normalized spacial score (nSPS) is 21.5. The van der Waals surface area contributed by atoms with Crippen molar-refractivity contribution in [2.24, 2.45) is 5.73 Å². The van der Waals surface area contributed by atoms with Gasteiger partial charge in [0.05, 0.1) is 6.04 Å². The van der Waals surface area contributed by atoms with Gasteiger partial charge in [-0.25, -0.2) is 0 Å². The van der Waals surface area contributed by atoms with Crippen molar-refractivity contribution in [1.29, 1.82) is 0 Å². The molecule has 0 aliphatic heterocycles. The van der Waals surface area contributed by atoms with Gasteiger partial charge in [0.15, 0.2) is 0 Å². The molecule has 1 saturated carbocycles. The van der Waals surface area contributed by atoms with Gasteiger partial charge in [0.25, 0.3) is 0 Å². The highest BCUT2D eigenvalue weighted by molar-refractivity contribution is 5.04. The third kappa shape index (κ3) is 2.72. The summed E-state index contributed by atoms with van der Waals surface area (Å²) in [6.07, 6.45) is 6.77. The molecule has 0 amide bonds. The molecule has 102 valence electrons. The lowest BCUT2D eigenvalue weighted by atomic mass is 9.93. The summed E-state index contributed by atoms with van der Waals surface area (Å²) in [5.41, 5.74) is 5.41. The molecule has 0 aromatic carbocycles. The van der Waals surface area contributed by atoms with Gasteiger partial charge in [-0.05, 0) is 26.7 Å². The van der Waals surface area contributed by atoms with Crippen molar-refractivity contribution >= 4 is 0 Å². The first-order valence-electron chi connectivity index (χ1n) is 6.91. The summed E-state index contributed by atoms with van der Waals surface area (Å²) in [5.74, 6) is 1.17. The zero-order valence-corrected chi connectivity index (χ0v) is 11.3. The maximum Gasteiger partial charge on any atom is 0.243 e. The Kier molecular flexibility index (Phi) is 4.35. The van der Waals surface area contributed by atoms with E-state index in [4.69, 9.17) is 15.0 Å². The number of nitrogens with two attached hydrogens (primary N) is 1. The second kappa shape index (κ2) is 5.80. The first kappa shape index (κ1) is 13.5. The highest BCUT2D eigenvalue weighted by atomic mass is 16.5. The zero-order chi connectivity index (χ0) is 13.0. The van der Waals surface area contributed by atoms with Crippen molar-refractivity contribution in [3.8, 4) is 0 Å². The topological polar surface area (TPSA) is 74.2 Å². The van der Waals surface area contributed by atoms with Gasteiger partial charge in [-0.15, -0.1) is 0 Å². The largest absolute Gasteiger partial charge is 0.367 e. The molecule has 1 aromatic heterocycles. The molecule has 1 atom stereocenters. The van der Waals surface area contributed by atoms with E-state index in [1.165, 1.54) is 12.8 Å². The van der Waals surface area contributed by atoms with Crippen LogP contribution in [0.25, 0.3) is 0 Å². The highest BCUT2D eigenvalue weighted by Crippen LogP contribution is 2.38. The van der Waals surface area contributed by atoms with E-state index in [0.29, 0.717) is 18.3 Å². The molecule has 0 radical (unpaired) electrons. The third-order valence-corrected chi connectivity index (χ3v) is 3.57. The number of hydrogen-bond donors (Lipinski definition) is 1. The number of rotatable bonds is 4. The van der Waals surface area contributed by atoms with Crippen molar-refractivity contribution in [2.45, 2.75) is 64.0 Å². The van der Waals surface area contributed by atoms with Crippen LogP contribution in [-0.4, -0.2) is 16.7 Å². The lowest BCUT2D eigenvalue weighted by Crippen LogP contribution is -2.31. The molecular weight excluding hydrogens is 230 g/mol. The molecule has 1 aromatic rings. The molecule has 1 heterocycles. The van der Waals surface area contributed by atoms with E-state index < -0.39 is 0 Å². The molecule has 2 rings (SSSR count). The van der Waals surface area contributed by atoms with Gasteiger partial charge in [0.2, 0.25) is 11.7 Å². The van der Waals surface area contributed by atoms with E-state index in [1.54, 1.807) is 0 Å². The molecule has 1 aliphatic carbocycles. The van der Waals surface area contributed by atoms with E-state index >= 15 is 0 Å². The van der Waals surface area contributed by atoms with Crippen LogP contribution in [0.1, 0.15) is 70.1 Å².